The summed E-state index contributed by atoms with van der Waals surface area (Å²) in [5.74, 6) is 0.646. The van der Waals surface area contributed by atoms with Crippen molar-refractivity contribution in [2.75, 3.05) is 0 Å². The Bertz CT molecular complexity index is 519. The Morgan fingerprint density at radius 2 is 2.14 bits per heavy atom. The van der Waals surface area contributed by atoms with Crippen LogP contribution in [0.2, 0.25) is 5.02 Å². The lowest BCUT2D eigenvalue weighted by atomic mass is 10.2. The van der Waals surface area contributed by atoms with Crippen LogP contribution in [-0.2, 0) is 0 Å². The topological polar surface area (TPSA) is 44.5 Å². The highest BCUT2D eigenvalue weighted by atomic mass is 79.9. The van der Waals surface area contributed by atoms with Crippen molar-refractivity contribution in [2.45, 2.75) is 0 Å². The van der Waals surface area contributed by atoms with Crippen LogP contribution in [0.1, 0.15) is 0 Å². The van der Waals surface area contributed by atoms with Crippen LogP contribution in [0.4, 0.5) is 0 Å². The number of nitrogens with zero attached hydrogens (tertiary/aromatic N) is 1. The lowest BCUT2D eigenvalue weighted by molar-refractivity contribution is 1.08. The predicted molar refractivity (Wildman–Crippen MR) is 61.9 cm³/mol. The van der Waals surface area contributed by atoms with E-state index in [1.807, 2.05) is 18.2 Å². The number of hydrogen-bond donors (Lipinski definition) is 2. The van der Waals surface area contributed by atoms with Crippen LogP contribution < -0.4 is 0 Å². The zero-order valence-electron chi connectivity index (χ0n) is 6.84. The summed E-state index contributed by atoms with van der Waals surface area (Å²) in [5.41, 5.74) is 0.821. The van der Waals surface area contributed by atoms with Gasteiger partial charge in [-0.15, -0.1) is 0 Å². The van der Waals surface area contributed by atoms with Crippen LogP contribution in [0.3, 0.4) is 0 Å². The summed E-state index contributed by atoms with van der Waals surface area (Å²) >= 11 is 14.2. The summed E-state index contributed by atoms with van der Waals surface area (Å²) in [7, 11) is 0. The van der Waals surface area contributed by atoms with Crippen LogP contribution in [0.15, 0.2) is 22.7 Å². The van der Waals surface area contributed by atoms with Crippen molar-refractivity contribution in [1.82, 2.24) is 15.2 Å². The average molecular weight is 291 g/mol. The number of halogens is 2. The number of aromatic amines is 2. The van der Waals surface area contributed by atoms with E-state index in [1.54, 1.807) is 0 Å². The SMILES string of the molecule is S=c1nc(-c2ccc(Br)cc2Cl)[nH][nH]1. The molecule has 0 bridgehead atoms. The van der Waals surface area contributed by atoms with Gasteiger partial charge in [0.25, 0.3) is 0 Å². The molecule has 0 saturated heterocycles. The van der Waals surface area contributed by atoms with E-state index in [1.165, 1.54) is 0 Å². The second kappa shape index (κ2) is 3.84. The molecule has 2 N–H and O–H groups in total. The Balaban J connectivity index is 2.57. The smallest absolute Gasteiger partial charge is 0.213 e. The number of rotatable bonds is 1. The van der Waals surface area contributed by atoms with Crippen molar-refractivity contribution in [3.05, 3.63) is 32.5 Å². The Morgan fingerprint density at radius 1 is 1.36 bits per heavy atom. The van der Waals surface area contributed by atoms with Gasteiger partial charge >= 0.3 is 0 Å². The fourth-order valence-corrected chi connectivity index (χ4v) is 1.98. The van der Waals surface area contributed by atoms with E-state index >= 15 is 0 Å². The summed E-state index contributed by atoms with van der Waals surface area (Å²) in [5, 5.41) is 6.18. The Hall–Kier alpha value is -0.650. The third-order valence-electron chi connectivity index (χ3n) is 1.69. The Kier molecular flexibility index (Phi) is 2.71. The molecule has 3 nitrogen and oxygen atoms in total. The minimum atomic E-state index is 0.416. The highest BCUT2D eigenvalue weighted by Crippen LogP contribution is 2.27. The molecular weight excluding hydrogens is 286 g/mol. The summed E-state index contributed by atoms with van der Waals surface area (Å²) in [4.78, 5) is 4.08. The minimum absolute atomic E-state index is 0.416. The van der Waals surface area contributed by atoms with E-state index in [0.29, 0.717) is 15.6 Å². The molecule has 0 saturated carbocycles. The van der Waals surface area contributed by atoms with Crippen LogP contribution >= 0.6 is 39.7 Å². The molecular formula is C8H5BrClN3S. The molecule has 0 amide bonds. The first kappa shape index (κ1) is 9.89. The summed E-state index contributed by atoms with van der Waals surface area (Å²) in [6.45, 7) is 0. The quantitative estimate of drug-likeness (QED) is 0.789. The fourth-order valence-electron chi connectivity index (χ4n) is 1.08. The standard InChI is InChI=1S/C8H5BrClN3S/c9-4-1-2-5(6(10)3-4)7-11-8(14)13-12-7/h1-3H,(H2,11,12,13,14). The van der Waals surface area contributed by atoms with Gasteiger partial charge in [-0.05, 0) is 30.4 Å². The van der Waals surface area contributed by atoms with Gasteiger partial charge in [-0.3, -0.25) is 10.2 Å². The molecule has 1 aromatic carbocycles. The number of aromatic nitrogens is 3. The van der Waals surface area contributed by atoms with Gasteiger partial charge in [0.15, 0.2) is 5.82 Å². The molecule has 1 heterocycles. The predicted octanol–water partition coefficient (Wildman–Crippen LogP) is 3.55. The monoisotopic (exact) mass is 289 g/mol. The molecule has 2 rings (SSSR count). The molecule has 72 valence electrons. The normalized spacial score (nSPS) is 10.4. The first-order valence-corrected chi connectivity index (χ1v) is 5.35. The maximum atomic E-state index is 6.04. The van der Waals surface area contributed by atoms with Gasteiger partial charge in [0, 0.05) is 10.0 Å². The van der Waals surface area contributed by atoms with E-state index in [2.05, 4.69) is 31.1 Å². The molecule has 0 spiro atoms. The number of benzene rings is 1. The molecule has 6 heteroatoms. The molecule has 0 radical (unpaired) electrons. The molecule has 0 atom stereocenters. The summed E-state index contributed by atoms with van der Waals surface area (Å²) in [6, 6.07) is 5.57. The van der Waals surface area contributed by atoms with Gasteiger partial charge in [-0.1, -0.05) is 27.5 Å². The second-order valence-corrected chi connectivity index (χ2v) is 4.35. The molecule has 14 heavy (non-hydrogen) atoms. The van der Waals surface area contributed by atoms with Crippen LogP contribution in [0, 0.1) is 4.77 Å². The maximum absolute atomic E-state index is 6.04. The molecule has 2 aromatic rings. The van der Waals surface area contributed by atoms with Crippen molar-refractivity contribution in [2.24, 2.45) is 0 Å². The van der Waals surface area contributed by atoms with Gasteiger partial charge in [0.05, 0.1) is 5.02 Å². The highest BCUT2D eigenvalue weighted by Gasteiger charge is 2.06. The van der Waals surface area contributed by atoms with E-state index in [4.69, 9.17) is 23.8 Å². The molecule has 0 aliphatic heterocycles. The van der Waals surface area contributed by atoms with Crippen LogP contribution in [-0.4, -0.2) is 15.2 Å². The average Bonchev–Trinajstić information content (AvgIpc) is 2.51. The van der Waals surface area contributed by atoms with E-state index in [0.717, 1.165) is 10.0 Å². The van der Waals surface area contributed by atoms with E-state index in [9.17, 15) is 0 Å². The van der Waals surface area contributed by atoms with E-state index in [-0.39, 0.29) is 0 Å². The van der Waals surface area contributed by atoms with Crippen molar-refractivity contribution < 1.29 is 0 Å². The Morgan fingerprint density at radius 3 is 2.71 bits per heavy atom. The van der Waals surface area contributed by atoms with Crippen molar-refractivity contribution in [1.29, 1.82) is 0 Å². The zero-order chi connectivity index (χ0) is 10.1. The lowest BCUT2D eigenvalue weighted by Gasteiger charge is -1.99. The van der Waals surface area contributed by atoms with Crippen molar-refractivity contribution in [3.8, 4) is 11.4 Å². The second-order valence-electron chi connectivity index (χ2n) is 2.64. The van der Waals surface area contributed by atoms with Crippen molar-refractivity contribution in [3.63, 3.8) is 0 Å². The zero-order valence-corrected chi connectivity index (χ0v) is 10.0. The summed E-state index contributed by atoms with van der Waals surface area (Å²) in [6.07, 6.45) is 0. The highest BCUT2D eigenvalue weighted by molar-refractivity contribution is 9.10. The van der Waals surface area contributed by atoms with Crippen molar-refractivity contribution >= 4 is 39.7 Å². The van der Waals surface area contributed by atoms with Gasteiger partial charge < -0.3 is 0 Å². The van der Waals surface area contributed by atoms with Gasteiger partial charge in [-0.2, -0.15) is 4.98 Å². The number of hydrogen-bond acceptors (Lipinski definition) is 2. The third kappa shape index (κ3) is 1.89. The molecule has 0 fully saturated rings. The van der Waals surface area contributed by atoms with Gasteiger partial charge in [-0.25, -0.2) is 0 Å². The molecule has 0 aliphatic rings. The molecule has 0 unspecified atom stereocenters. The number of nitrogens with one attached hydrogen (secondary N) is 2. The Labute approximate surface area is 98.6 Å². The lowest BCUT2D eigenvalue weighted by Crippen LogP contribution is -1.82. The third-order valence-corrected chi connectivity index (χ3v) is 2.69. The number of H-pyrrole nitrogens is 2. The summed E-state index contributed by atoms with van der Waals surface area (Å²) < 4.78 is 1.35. The molecule has 1 aromatic heterocycles. The first-order chi connectivity index (χ1) is 6.66. The molecule has 0 aliphatic carbocycles. The van der Waals surface area contributed by atoms with E-state index < -0.39 is 0 Å². The fraction of sp³-hybridized carbons (Fsp3) is 0. The first-order valence-electron chi connectivity index (χ1n) is 3.77. The van der Waals surface area contributed by atoms with Gasteiger partial charge in [0.2, 0.25) is 4.77 Å². The van der Waals surface area contributed by atoms with Gasteiger partial charge in [0.1, 0.15) is 0 Å². The minimum Gasteiger partial charge on any atom is -0.282 e. The van der Waals surface area contributed by atoms with Crippen LogP contribution in [0.25, 0.3) is 11.4 Å². The van der Waals surface area contributed by atoms with Crippen LogP contribution in [0.5, 0.6) is 0 Å². The maximum Gasteiger partial charge on any atom is 0.213 e. The largest absolute Gasteiger partial charge is 0.282 e.